The Morgan fingerprint density at radius 2 is 1.69 bits per heavy atom. The van der Waals surface area contributed by atoms with Gasteiger partial charge in [0.2, 0.25) is 0 Å². The molecule has 0 aliphatic carbocycles. The molecule has 2 aromatic rings. The first-order chi connectivity index (χ1) is 14.0. The monoisotopic (exact) mass is 399 g/mol. The zero-order valence-corrected chi connectivity index (χ0v) is 16.5. The number of furan rings is 1. The van der Waals surface area contributed by atoms with Gasteiger partial charge >= 0.3 is 5.97 Å². The molecular formula is C21H25N3O5. The van der Waals surface area contributed by atoms with Crippen molar-refractivity contribution >= 4 is 23.5 Å². The minimum Gasteiger partial charge on any atom is -0.459 e. The smallest absolute Gasteiger partial charge is 0.329 e. The average molecular weight is 399 g/mol. The predicted molar refractivity (Wildman–Crippen MR) is 106 cm³/mol. The summed E-state index contributed by atoms with van der Waals surface area (Å²) in [4.78, 5) is 40.7. The Morgan fingerprint density at radius 3 is 2.31 bits per heavy atom. The quantitative estimate of drug-likeness (QED) is 0.743. The van der Waals surface area contributed by atoms with E-state index in [0.717, 1.165) is 5.69 Å². The van der Waals surface area contributed by atoms with Gasteiger partial charge in [-0.2, -0.15) is 0 Å². The molecule has 8 nitrogen and oxygen atoms in total. The average Bonchev–Trinajstić information content (AvgIpc) is 3.29. The molecule has 8 heteroatoms. The van der Waals surface area contributed by atoms with Crippen molar-refractivity contribution in [3.8, 4) is 0 Å². The van der Waals surface area contributed by atoms with Gasteiger partial charge in [-0.05, 0) is 38.1 Å². The molecule has 2 heterocycles. The number of ether oxygens (including phenoxy) is 1. The van der Waals surface area contributed by atoms with E-state index in [1.54, 1.807) is 17.9 Å². The number of hydrogen-bond donors (Lipinski definition) is 1. The van der Waals surface area contributed by atoms with E-state index in [-0.39, 0.29) is 11.7 Å². The van der Waals surface area contributed by atoms with Crippen LogP contribution < -0.4 is 10.2 Å². The Bertz CT molecular complexity index is 829. The molecule has 2 amide bonds. The first-order valence-electron chi connectivity index (χ1n) is 9.59. The van der Waals surface area contributed by atoms with Gasteiger partial charge in [-0.25, -0.2) is 4.79 Å². The minimum atomic E-state index is -0.922. The Kier molecular flexibility index (Phi) is 6.54. The van der Waals surface area contributed by atoms with Gasteiger partial charge in [-0.15, -0.1) is 0 Å². The highest BCUT2D eigenvalue weighted by atomic mass is 16.5. The number of esters is 1. The van der Waals surface area contributed by atoms with Crippen LogP contribution in [-0.4, -0.2) is 61.0 Å². The van der Waals surface area contributed by atoms with Crippen LogP contribution in [0.2, 0.25) is 0 Å². The number of para-hydroxylation sites is 1. The third kappa shape index (κ3) is 5.16. The number of benzene rings is 1. The molecule has 154 valence electrons. The van der Waals surface area contributed by atoms with Crippen molar-refractivity contribution in [1.82, 2.24) is 10.2 Å². The van der Waals surface area contributed by atoms with Crippen LogP contribution in [0.5, 0.6) is 0 Å². The van der Waals surface area contributed by atoms with E-state index in [9.17, 15) is 14.4 Å². The summed E-state index contributed by atoms with van der Waals surface area (Å²) in [7, 11) is 0. The summed E-state index contributed by atoms with van der Waals surface area (Å²) in [6.07, 6.45) is 0.449. The van der Waals surface area contributed by atoms with Gasteiger partial charge in [0, 0.05) is 31.9 Å². The molecule has 2 atom stereocenters. The van der Waals surface area contributed by atoms with Crippen molar-refractivity contribution in [1.29, 1.82) is 0 Å². The van der Waals surface area contributed by atoms with Crippen molar-refractivity contribution in [3.05, 3.63) is 54.5 Å². The van der Waals surface area contributed by atoms with Crippen LogP contribution in [0.4, 0.5) is 5.69 Å². The molecular weight excluding hydrogens is 374 g/mol. The van der Waals surface area contributed by atoms with Gasteiger partial charge < -0.3 is 24.3 Å². The van der Waals surface area contributed by atoms with Crippen molar-refractivity contribution < 1.29 is 23.5 Å². The van der Waals surface area contributed by atoms with Crippen LogP contribution in [0.1, 0.15) is 24.4 Å². The van der Waals surface area contributed by atoms with Gasteiger partial charge in [0.1, 0.15) is 6.04 Å². The van der Waals surface area contributed by atoms with Crippen molar-refractivity contribution in [2.24, 2.45) is 0 Å². The van der Waals surface area contributed by atoms with Crippen molar-refractivity contribution in [2.75, 3.05) is 31.1 Å². The molecule has 1 fully saturated rings. The normalized spacial score (nSPS) is 16.1. The molecule has 1 aliphatic rings. The summed E-state index contributed by atoms with van der Waals surface area (Å²) in [5, 5.41) is 2.49. The Labute approximate surface area is 169 Å². The SMILES string of the molecule is C[C@H](NC(=O)c1ccco1)C(=O)O[C@@H](C)C(=O)N1CCN(c2ccccc2)CC1. The van der Waals surface area contributed by atoms with Crippen LogP contribution >= 0.6 is 0 Å². The van der Waals surface area contributed by atoms with Crippen LogP contribution in [0.25, 0.3) is 0 Å². The van der Waals surface area contributed by atoms with Gasteiger partial charge in [0.15, 0.2) is 11.9 Å². The molecule has 0 unspecified atom stereocenters. The van der Waals surface area contributed by atoms with Gasteiger partial charge in [-0.1, -0.05) is 18.2 Å². The molecule has 1 aromatic heterocycles. The number of anilines is 1. The highest BCUT2D eigenvalue weighted by Crippen LogP contribution is 2.16. The maximum Gasteiger partial charge on any atom is 0.329 e. The van der Waals surface area contributed by atoms with E-state index in [2.05, 4.69) is 10.2 Å². The molecule has 0 bridgehead atoms. The number of hydrogen-bond acceptors (Lipinski definition) is 6. The summed E-state index contributed by atoms with van der Waals surface area (Å²) >= 11 is 0. The molecule has 1 aliphatic heterocycles. The van der Waals surface area contributed by atoms with Crippen molar-refractivity contribution in [2.45, 2.75) is 26.0 Å². The molecule has 29 heavy (non-hydrogen) atoms. The number of nitrogens with one attached hydrogen (secondary N) is 1. The van der Waals surface area contributed by atoms with Crippen molar-refractivity contribution in [3.63, 3.8) is 0 Å². The lowest BCUT2D eigenvalue weighted by atomic mass is 10.2. The highest BCUT2D eigenvalue weighted by Gasteiger charge is 2.29. The fraction of sp³-hybridized carbons (Fsp3) is 0.381. The maximum absolute atomic E-state index is 12.6. The molecule has 1 aromatic carbocycles. The van der Waals surface area contributed by atoms with Gasteiger partial charge in [-0.3, -0.25) is 9.59 Å². The van der Waals surface area contributed by atoms with E-state index in [1.807, 2.05) is 30.3 Å². The topological polar surface area (TPSA) is 92.1 Å². The highest BCUT2D eigenvalue weighted by molar-refractivity contribution is 5.94. The lowest BCUT2D eigenvalue weighted by molar-refractivity contribution is -0.160. The molecule has 1 saturated heterocycles. The molecule has 0 saturated carbocycles. The van der Waals surface area contributed by atoms with E-state index >= 15 is 0 Å². The largest absolute Gasteiger partial charge is 0.459 e. The lowest BCUT2D eigenvalue weighted by Crippen LogP contribution is -2.52. The number of carbonyl (C=O) groups excluding carboxylic acids is 3. The second kappa shape index (κ2) is 9.27. The molecule has 0 radical (unpaired) electrons. The van der Waals surface area contributed by atoms with Crippen LogP contribution in [-0.2, 0) is 14.3 Å². The van der Waals surface area contributed by atoms with Gasteiger partial charge in [0.05, 0.1) is 6.26 Å². The van der Waals surface area contributed by atoms with E-state index in [0.29, 0.717) is 26.2 Å². The van der Waals surface area contributed by atoms with Gasteiger partial charge in [0.25, 0.3) is 11.8 Å². The lowest BCUT2D eigenvalue weighted by Gasteiger charge is -2.37. The number of rotatable bonds is 6. The summed E-state index contributed by atoms with van der Waals surface area (Å²) in [5.74, 6) is -1.33. The fourth-order valence-corrected chi connectivity index (χ4v) is 3.14. The van der Waals surface area contributed by atoms with Crippen LogP contribution in [0.15, 0.2) is 53.1 Å². The zero-order valence-electron chi connectivity index (χ0n) is 16.5. The zero-order chi connectivity index (χ0) is 20.8. The number of amides is 2. The summed E-state index contributed by atoms with van der Waals surface area (Å²) in [6.45, 7) is 5.59. The first-order valence-corrected chi connectivity index (χ1v) is 9.59. The van der Waals surface area contributed by atoms with Crippen LogP contribution in [0, 0.1) is 0 Å². The Morgan fingerprint density at radius 1 is 1.00 bits per heavy atom. The second-order valence-corrected chi connectivity index (χ2v) is 6.90. The first kappa shape index (κ1) is 20.4. The number of carbonyl (C=O) groups is 3. The minimum absolute atomic E-state index is 0.102. The predicted octanol–water partition coefficient (Wildman–Crippen LogP) is 1.68. The molecule has 0 spiro atoms. The Hall–Kier alpha value is -3.29. The maximum atomic E-state index is 12.6. The molecule has 3 rings (SSSR count). The summed E-state index contributed by atoms with van der Waals surface area (Å²) < 4.78 is 10.3. The standard InChI is InChI=1S/C21H25N3O5/c1-15(22-19(25)18-9-6-14-28-18)21(27)29-16(2)20(26)24-12-10-23(11-13-24)17-7-4-3-5-8-17/h3-9,14-16H,10-13H2,1-2H3,(H,22,25)/t15-,16-/m0/s1. The second-order valence-electron chi connectivity index (χ2n) is 6.90. The third-order valence-electron chi connectivity index (χ3n) is 4.80. The summed E-state index contributed by atoms with van der Waals surface area (Å²) in [6, 6.07) is 12.2. The number of nitrogens with zero attached hydrogens (tertiary/aromatic N) is 2. The van der Waals surface area contributed by atoms with E-state index in [4.69, 9.17) is 9.15 Å². The third-order valence-corrected chi connectivity index (χ3v) is 4.80. The molecule has 1 N–H and O–H groups in total. The van der Waals surface area contributed by atoms with Crippen LogP contribution in [0.3, 0.4) is 0 Å². The number of piperazine rings is 1. The van der Waals surface area contributed by atoms with E-state index < -0.39 is 24.0 Å². The summed E-state index contributed by atoms with van der Waals surface area (Å²) in [5.41, 5.74) is 1.13. The Balaban J connectivity index is 1.46. The van der Waals surface area contributed by atoms with E-state index in [1.165, 1.54) is 19.3 Å². The fourth-order valence-electron chi connectivity index (χ4n) is 3.14.